The van der Waals surface area contributed by atoms with Crippen molar-refractivity contribution in [1.29, 1.82) is 0 Å². The van der Waals surface area contributed by atoms with Crippen molar-refractivity contribution in [2.75, 3.05) is 0 Å². The van der Waals surface area contributed by atoms with Gasteiger partial charge in [0.15, 0.2) is 0 Å². The Balaban J connectivity index is 3.13. The standard InChI is InChI=1S/C11H9BO6S2/c1-6-2-3-8-7(10(6)19(13,14)15)4-5-9(12)11(8)20(16,17)18/h2-5H,1H3,(H,13,14,15)(H,16,17,18). The highest BCUT2D eigenvalue weighted by molar-refractivity contribution is 7.86. The van der Waals surface area contributed by atoms with E-state index in [4.69, 9.17) is 7.85 Å². The van der Waals surface area contributed by atoms with Crippen molar-refractivity contribution in [2.24, 2.45) is 0 Å². The van der Waals surface area contributed by atoms with Crippen LogP contribution >= 0.6 is 0 Å². The average molecular weight is 312 g/mol. The van der Waals surface area contributed by atoms with Crippen LogP contribution in [0.4, 0.5) is 0 Å². The minimum absolute atomic E-state index is 0.0330. The van der Waals surface area contributed by atoms with Crippen LogP contribution in [0.1, 0.15) is 5.56 Å². The number of benzene rings is 2. The molecule has 0 unspecified atom stereocenters. The first-order valence-electron chi connectivity index (χ1n) is 5.30. The molecule has 0 spiro atoms. The SMILES string of the molecule is [B]c1ccc2c(S(=O)(=O)O)c(C)ccc2c1S(=O)(=O)O. The molecule has 0 fully saturated rings. The molecule has 2 N–H and O–H groups in total. The lowest BCUT2D eigenvalue weighted by molar-refractivity contribution is 0.481. The Morgan fingerprint density at radius 2 is 1.30 bits per heavy atom. The van der Waals surface area contributed by atoms with Crippen LogP contribution in [0.2, 0.25) is 0 Å². The Morgan fingerprint density at radius 1 is 0.850 bits per heavy atom. The van der Waals surface area contributed by atoms with Gasteiger partial charge in [-0.1, -0.05) is 29.7 Å². The average Bonchev–Trinajstić information content (AvgIpc) is 2.25. The van der Waals surface area contributed by atoms with Crippen LogP contribution in [0.25, 0.3) is 10.8 Å². The first-order chi connectivity index (χ1) is 9.03. The smallest absolute Gasteiger partial charge is 0.282 e. The molecule has 2 aromatic rings. The maximum absolute atomic E-state index is 11.4. The van der Waals surface area contributed by atoms with Crippen molar-refractivity contribution >= 4 is 44.3 Å². The predicted octanol–water partition coefficient (Wildman–Crippen LogP) is 0.435. The van der Waals surface area contributed by atoms with Gasteiger partial charge >= 0.3 is 0 Å². The highest BCUT2D eigenvalue weighted by atomic mass is 32.2. The summed E-state index contributed by atoms with van der Waals surface area (Å²) in [4.78, 5) is -1.00. The first-order valence-corrected chi connectivity index (χ1v) is 8.18. The highest BCUT2D eigenvalue weighted by Crippen LogP contribution is 2.29. The second-order valence-electron chi connectivity index (χ2n) is 4.24. The molecule has 0 amide bonds. The maximum Gasteiger partial charge on any atom is 0.295 e. The van der Waals surface area contributed by atoms with E-state index in [-0.39, 0.29) is 21.8 Å². The number of fused-ring (bicyclic) bond motifs is 1. The molecule has 104 valence electrons. The van der Waals surface area contributed by atoms with Crippen molar-refractivity contribution in [3.63, 3.8) is 0 Å². The number of hydrogen-bond donors (Lipinski definition) is 2. The van der Waals surface area contributed by atoms with Gasteiger partial charge in [-0.2, -0.15) is 16.8 Å². The van der Waals surface area contributed by atoms with Gasteiger partial charge < -0.3 is 0 Å². The summed E-state index contributed by atoms with van der Waals surface area (Å²) < 4.78 is 64.1. The van der Waals surface area contributed by atoms with Gasteiger partial charge in [0, 0.05) is 10.8 Å². The molecule has 20 heavy (non-hydrogen) atoms. The van der Waals surface area contributed by atoms with E-state index in [0.29, 0.717) is 0 Å². The summed E-state index contributed by atoms with van der Waals surface area (Å²) in [6.45, 7) is 1.45. The fraction of sp³-hybridized carbons (Fsp3) is 0.0909. The molecular weight excluding hydrogens is 303 g/mol. The second-order valence-corrected chi connectivity index (χ2v) is 6.96. The third kappa shape index (κ3) is 2.45. The van der Waals surface area contributed by atoms with Crippen LogP contribution in [0.3, 0.4) is 0 Å². The van der Waals surface area contributed by atoms with E-state index in [1.165, 1.54) is 25.1 Å². The van der Waals surface area contributed by atoms with Crippen LogP contribution in [0.15, 0.2) is 34.1 Å². The largest absolute Gasteiger partial charge is 0.295 e. The van der Waals surface area contributed by atoms with E-state index in [1.807, 2.05) is 0 Å². The Morgan fingerprint density at radius 3 is 1.80 bits per heavy atom. The van der Waals surface area contributed by atoms with Crippen LogP contribution in [0, 0.1) is 6.92 Å². The minimum Gasteiger partial charge on any atom is -0.282 e. The fourth-order valence-electron chi connectivity index (χ4n) is 2.11. The molecule has 9 heteroatoms. The monoisotopic (exact) mass is 312 g/mol. The first kappa shape index (κ1) is 15.0. The molecule has 0 atom stereocenters. The zero-order chi connectivity index (χ0) is 15.3. The Hall–Kier alpha value is -1.42. The molecule has 0 heterocycles. The number of rotatable bonds is 2. The normalized spacial score (nSPS) is 12.8. The van der Waals surface area contributed by atoms with Crippen LogP contribution < -0.4 is 5.46 Å². The summed E-state index contributed by atoms with van der Waals surface area (Å²) in [5, 5.41) is -0.111. The molecule has 0 saturated heterocycles. The van der Waals surface area contributed by atoms with E-state index >= 15 is 0 Å². The molecule has 0 bridgehead atoms. The third-order valence-electron chi connectivity index (χ3n) is 2.85. The predicted molar refractivity (Wildman–Crippen MR) is 73.7 cm³/mol. The topological polar surface area (TPSA) is 109 Å². The molecule has 0 aromatic heterocycles. The summed E-state index contributed by atoms with van der Waals surface area (Å²) in [5.41, 5.74) is 0.0243. The molecule has 2 radical (unpaired) electrons. The van der Waals surface area contributed by atoms with E-state index in [1.54, 1.807) is 0 Å². The minimum atomic E-state index is -4.64. The molecule has 0 aliphatic carbocycles. The lowest BCUT2D eigenvalue weighted by atomic mass is 9.92. The van der Waals surface area contributed by atoms with E-state index in [2.05, 4.69) is 0 Å². The van der Waals surface area contributed by atoms with Gasteiger partial charge in [-0.15, -0.1) is 0 Å². The van der Waals surface area contributed by atoms with E-state index < -0.39 is 30.0 Å². The van der Waals surface area contributed by atoms with Gasteiger partial charge in [-0.05, 0) is 12.5 Å². The number of hydrogen-bond acceptors (Lipinski definition) is 4. The molecular formula is C11H9BO6S2. The Kier molecular flexibility index (Phi) is 3.41. The van der Waals surface area contributed by atoms with E-state index in [0.717, 1.165) is 6.07 Å². The van der Waals surface area contributed by atoms with Crippen molar-refractivity contribution < 1.29 is 25.9 Å². The quantitative estimate of drug-likeness (QED) is 0.615. The molecule has 2 rings (SSSR count). The lowest BCUT2D eigenvalue weighted by Crippen LogP contribution is -2.16. The summed E-state index contributed by atoms with van der Waals surface area (Å²) in [6, 6.07) is 5.06. The molecule has 0 saturated carbocycles. The van der Waals surface area contributed by atoms with Gasteiger partial charge in [0.2, 0.25) is 0 Å². The Bertz CT molecular complexity index is 838. The van der Waals surface area contributed by atoms with Gasteiger partial charge in [0.25, 0.3) is 20.2 Å². The van der Waals surface area contributed by atoms with Crippen molar-refractivity contribution in [2.45, 2.75) is 16.7 Å². The molecule has 0 aliphatic rings. The van der Waals surface area contributed by atoms with Crippen molar-refractivity contribution in [3.8, 4) is 0 Å². The van der Waals surface area contributed by atoms with E-state index in [9.17, 15) is 25.9 Å². The van der Waals surface area contributed by atoms with Gasteiger partial charge in [-0.25, -0.2) is 0 Å². The number of aryl methyl sites for hydroxylation is 1. The molecule has 0 aliphatic heterocycles. The van der Waals surface area contributed by atoms with Crippen molar-refractivity contribution in [3.05, 3.63) is 29.8 Å². The zero-order valence-electron chi connectivity index (χ0n) is 10.2. The van der Waals surface area contributed by atoms with Crippen LogP contribution in [-0.2, 0) is 20.2 Å². The summed E-state index contributed by atoms with van der Waals surface area (Å²) in [5.74, 6) is 0. The van der Waals surface area contributed by atoms with Gasteiger partial charge in [0.1, 0.15) is 12.7 Å². The Labute approximate surface area is 117 Å². The third-order valence-corrected chi connectivity index (χ3v) is 4.87. The summed E-state index contributed by atoms with van der Waals surface area (Å²) in [7, 11) is -3.67. The van der Waals surface area contributed by atoms with Crippen LogP contribution in [-0.4, -0.2) is 33.8 Å². The zero-order valence-corrected chi connectivity index (χ0v) is 11.9. The van der Waals surface area contributed by atoms with Gasteiger partial charge in [0.05, 0.1) is 4.90 Å². The molecule has 2 aromatic carbocycles. The fourth-order valence-corrected chi connectivity index (χ4v) is 3.86. The highest BCUT2D eigenvalue weighted by Gasteiger charge is 2.22. The molecule has 6 nitrogen and oxygen atoms in total. The van der Waals surface area contributed by atoms with Gasteiger partial charge in [-0.3, -0.25) is 9.11 Å². The van der Waals surface area contributed by atoms with Crippen molar-refractivity contribution in [1.82, 2.24) is 0 Å². The summed E-state index contributed by atoms with van der Waals surface area (Å²) in [6.07, 6.45) is 0. The lowest BCUT2D eigenvalue weighted by Gasteiger charge is -2.12. The van der Waals surface area contributed by atoms with Crippen LogP contribution in [0.5, 0.6) is 0 Å². The second kappa shape index (κ2) is 4.56. The maximum atomic E-state index is 11.4. The summed E-state index contributed by atoms with van der Waals surface area (Å²) >= 11 is 0.